The summed E-state index contributed by atoms with van der Waals surface area (Å²) in [4.78, 5) is 24.4. The van der Waals surface area contributed by atoms with Gasteiger partial charge < -0.3 is 10.1 Å². The number of hydrogen-bond acceptors (Lipinski definition) is 4. The second-order valence-electron chi connectivity index (χ2n) is 5.92. The molecule has 0 heterocycles. The van der Waals surface area contributed by atoms with Gasteiger partial charge in [-0.1, -0.05) is 37.5 Å². The highest BCUT2D eigenvalue weighted by atomic mass is 16.5. The third-order valence-electron chi connectivity index (χ3n) is 4.16. The van der Waals surface area contributed by atoms with E-state index in [0.29, 0.717) is 5.75 Å². The summed E-state index contributed by atoms with van der Waals surface area (Å²) >= 11 is 0. The minimum Gasteiger partial charge on any atom is -0.497 e. The fourth-order valence-corrected chi connectivity index (χ4v) is 2.80. The number of carbonyl (C=O) groups is 2. The van der Waals surface area contributed by atoms with Gasteiger partial charge in [0.1, 0.15) is 5.75 Å². The second-order valence-corrected chi connectivity index (χ2v) is 5.92. The molecule has 1 unspecified atom stereocenters. The van der Waals surface area contributed by atoms with E-state index in [9.17, 15) is 14.9 Å². The Morgan fingerprint density at radius 1 is 1.33 bits per heavy atom. The first-order chi connectivity index (χ1) is 11.6. The van der Waals surface area contributed by atoms with Crippen LogP contribution < -0.4 is 10.1 Å². The van der Waals surface area contributed by atoms with E-state index in [2.05, 4.69) is 5.32 Å². The number of amides is 1. The monoisotopic (exact) mass is 326 g/mol. The maximum absolute atomic E-state index is 12.2. The molecule has 1 fully saturated rings. The Labute approximate surface area is 142 Å². The van der Waals surface area contributed by atoms with Crippen LogP contribution in [-0.4, -0.2) is 24.8 Å². The fourth-order valence-electron chi connectivity index (χ4n) is 2.80. The van der Waals surface area contributed by atoms with Gasteiger partial charge in [-0.3, -0.25) is 9.59 Å². The lowest BCUT2D eigenvalue weighted by molar-refractivity contribution is -0.130. The third kappa shape index (κ3) is 4.95. The molecule has 1 aromatic rings. The van der Waals surface area contributed by atoms with Crippen LogP contribution in [0.4, 0.5) is 0 Å². The molecule has 126 valence electrons. The Morgan fingerprint density at radius 2 is 2.08 bits per heavy atom. The van der Waals surface area contributed by atoms with Crippen LogP contribution in [-0.2, 0) is 9.59 Å². The lowest BCUT2D eigenvalue weighted by atomic mass is 9.94. The molecule has 1 atom stereocenters. The normalized spacial score (nSPS) is 16.3. The molecule has 24 heavy (non-hydrogen) atoms. The highest BCUT2D eigenvalue weighted by Crippen LogP contribution is 2.18. The maximum atomic E-state index is 12.2. The topological polar surface area (TPSA) is 79.2 Å². The molecule has 1 aliphatic carbocycles. The largest absolute Gasteiger partial charge is 0.497 e. The summed E-state index contributed by atoms with van der Waals surface area (Å²) < 4.78 is 5.12. The number of benzene rings is 1. The molecular weight excluding hydrogens is 304 g/mol. The van der Waals surface area contributed by atoms with Crippen LogP contribution in [0.2, 0.25) is 0 Å². The van der Waals surface area contributed by atoms with Crippen molar-refractivity contribution >= 4 is 17.8 Å². The average molecular weight is 326 g/mol. The Morgan fingerprint density at radius 3 is 2.75 bits per heavy atom. The SMILES string of the molecule is COc1cccc(/C=C/C(=O)C(C#N)C(=O)NC2CCCCC2)c1. The van der Waals surface area contributed by atoms with Gasteiger partial charge in [0.15, 0.2) is 11.7 Å². The van der Waals surface area contributed by atoms with E-state index in [1.165, 1.54) is 12.5 Å². The number of hydrogen-bond donors (Lipinski definition) is 1. The van der Waals surface area contributed by atoms with Crippen LogP contribution in [0.3, 0.4) is 0 Å². The van der Waals surface area contributed by atoms with Crippen molar-refractivity contribution in [3.8, 4) is 11.8 Å². The molecule has 5 heteroatoms. The summed E-state index contributed by atoms with van der Waals surface area (Å²) in [5.41, 5.74) is 0.770. The zero-order valence-corrected chi connectivity index (χ0v) is 13.8. The quantitative estimate of drug-likeness (QED) is 0.644. The Hall–Kier alpha value is -2.61. The predicted molar refractivity (Wildman–Crippen MR) is 91.2 cm³/mol. The van der Waals surface area contributed by atoms with Crippen LogP contribution in [0.1, 0.15) is 37.7 Å². The number of nitriles is 1. The number of ketones is 1. The smallest absolute Gasteiger partial charge is 0.245 e. The average Bonchev–Trinajstić information content (AvgIpc) is 2.61. The lowest BCUT2D eigenvalue weighted by Crippen LogP contribution is -2.41. The second kappa shape index (κ2) is 8.88. The van der Waals surface area contributed by atoms with Gasteiger partial charge >= 0.3 is 0 Å². The van der Waals surface area contributed by atoms with E-state index in [0.717, 1.165) is 31.2 Å². The molecule has 1 aliphatic rings. The van der Waals surface area contributed by atoms with Crippen molar-refractivity contribution in [3.05, 3.63) is 35.9 Å². The number of rotatable bonds is 6. The van der Waals surface area contributed by atoms with Crippen LogP contribution in [0, 0.1) is 17.2 Å². The zero-order valence-electron chi connectivity index (χ0n) is 13.8. The van der Waals surface area contributed by atoms with Gasteiger partial charge in [-0.25, -0.2) is 0 Å². The number of allylic oxidation sites excluding steroid dienone is 1. The molecule has 1 amide bonds. The minimum absolute atomic E-state index is 0.0808. The number of methoxy groups -OCH3 is 1. The highest BCUT2D eigenvalue weighted by Gasteiger charge is 2.27. The van der Waals surface area contributed by atoms with Crippen LogP contribution in [0.25, 0.3) is 6.08 Å². The van der Waals surface area contributed by atoms with E-state index >= 15 is 0 Å². The molecule has 0 spiro atoms. The number of nitrogens with one attached hydrogen (secondary N) is 1. The van der Waals surface area contributed by atoms with Crippen molar-refractivity contribution in [1.29, 1.82) is 5.26 Å². The van der Waals surface area contributed by atoms with E-state index in [4.69, 9.17) is 4.74 Å². The Bertz CT molecular complexity index is 655. The number of ether oxygens (including phenoxy) is 1. The summed E-state index contributed by atoms with van der Waals surface area (Å²) in [5, 5.41) is 12.0. The van der Waals surface area contributed by atoms with Crippen molar-refractivity contribution < 1.29 is 14.3 Å². The van der Waals surface area contributed by atoms with Crippen molar-refractivity contribution in [2.75, 3.05) is 7.11 Å². The third-order valence-corrected chi connectivity index (χ3v) is 4.16. The van der Waals surface area contributed by atoms with Crippen molar-refractivity contribution in [2.45, 2.75) is 38.1 Å². The van der Waals surface area contributed by atoms with Gasteiger partial charge in [-0.05, 0) is 36.6 Å². The van der Waals surface area contributed by atoms with Gasteiger partial charge in [-0.2, -0.15) is 5.26 Å². The molecule has 0 radical (unpaired) electrons. The summed E-state index contributed by atoms with van der Waals surface area (Å²) in [6.07, 6.45) is 8.02. The zero-order chi connectivity index (χ0) is 17.4. The molecule has 0 aromatic heterocycles. The summed E-state index contributed by atoms with van der Waals surface area (Å²) in [5.74, 6) is -1.62. The van der Waals surface area contributed by atoms with Gasteiger partial charge in [0, 0.05) is 6.04 Å². The molecule has 5 nitrogen and oxygen atoms in total. The summed E-state index contributed by atoms with van der Waals surface area (Å²) in [7, 11) is 1.56. The highest BCUT2D eigenvalue weighted by molar-refractivity contribution is 6.10. The van der Waals surface area contributed by atoms with Gasteiger partial charge in [0.25, 0.3) is 0 Å². The lowest BCUT2D eigenvalue weighted by Gasteiger charge is -2.23. The van der Waals surface area contributed by atoms with E-state index in [1.54, 1.807) is 31.4 Å². The standard InChI is InChI=1S/C19H22N2O3/c1-24-16-9-5-6-14(12-16)10-11-18(22)17(13-20)19(23)21-15-7-3-2-4-8-15/h5-6,9-12,15,17H,2-4,7-8H2,1H3,(H,21,23)/b11-10+. The number of carbonyl (C=O) groups excluding carboxylic acids is 2. The van der Waals surface area contributed by atoms with Crippen LogP contribution in [0.5, 0.6) is 5.75 Å². The van der Waals surface area contributed by atoms with Gasteiger partial charge in [0.05, 0.1) is 13.2 Å². The fraction of sp³-hybridized carbons (Fsp3) is 0.421. The number of nitrogens with zero attached hydrogens (tertiary/aromatic N) is 1. The predicted octanol–water partition coefficient (Wildman–Crippen LogP) is 2.87. The van der Waals surface area contributed by atoms with Crippen molar-refractivity contribution in [3.63, 3.8) is 0 Å². The van der Waals surface area contributed by atoms with Gasteiger partial charge in [0.2, 0.25) is 5.91 Å². The molecule has 0 saturated heterocycles. The maximum Gasteiger partial charge on any atom is 0.245 e. The minimum atomic E-state index is -1.30. The Kier molecular flexibility index (Phi) is 6.56. The van der Waals surface area contributed by atoms with Gasteiger partial charge in [-0.15, -0.1) is 0 Å². The molecular formula is C19H22N2O3. The molecule has 1 saturated carbocycles. The first kappa shape index (κ1) is 17.7. The summed E-state index contributed by atoms with van der Waals surface area (Å²) in [6, 6.07) is 9.09. The first-order valence-corrected chi connectivity index (χ1v) is 8.20. The molecule has 0 aliphatic heterocycles. The van der Waals surface area contributed by atoms with Crippen LogP contribution in [0.15, 0.2) is 30.3 Å². The molecule has 1 N–H and O–H groups in total. The van der Waals surface area contributed by atoms with Crippen molar-refractivity contribution in [2.24, 2.45) is 5.92 Å². The van der Waals surface area contributed by atoms with Crippen molar-refractivity contribution in [1.82, 2.24) is 5.32 Å². The van der Waals surface area contributed by atoms with E-state index in [-0.39, 0.29) is 6.04 Å². The Balaban J connectivity index is 1.98. The van der Waals surface area contributed by atoms with Crippen LogP contribution >= 0.6 is 0 Å². The molecule has 0 bridgehead atoms. The molecule has 1 aromatic carbocycles. The first-order valence-electron chi connectivity index (χ1n) is 8.20. The van der Waals surface area contributed by atoms with E-state index in [1.807, 2.05) is 12.1 Å². The molecule has 2 rings (SSSR count). The summed E-state index contributed by atoms with van der Waals surface area (Å²) in [6.45, 7) is 0. The van der Waals surface area contributed by atoms with E-state index < -0.39 is 17.6 Å².